The predicted molar refractivity (Wildman–Crippen MR) is 229 cm³/mol. The maximum absolute atomic E-state index is 2.41. The summed E-state index contributed by atoms with van der Waals surface area (Å²) in [4.78, 5) is 2.34. The molecule has 0 saturated carbocycles. The van der Waals surface area contributed by atoms with Crippen molar-refractivity contribution in [2.75, 3.05) is 4.90 Å². The summed E-state index contributed by atoms with van der Waals surface area (Å²) in [7, 11) is 0. The molecule has 10 rings (SSSR count). The smallest absolute Gasteiger partial charge is 0.0619 e. The van der Waals surface area contributed by atoms with E-state index in [0.29, 0.717) is 0 Å². The SMILES string of the molecule is c1ccc(-c2ccc(N(c3ccc(-c4ccccc4)cc3)c3ccc(-c4ccc5c(ccc6c7ccccc7n(-c7ccccc7)c56)c4)cc3)cc2)cc1. The molecule has 1 heterocycles. The van der Waals surface area contributed by atoms with Crippen LogP contribution in [0.5, 0.6) is 0 Å². The number of hydrogen-bond donors (Lipinski definition) is 0. The Bertz CT molecular complexity index is 2790. The summed E-state index contributed by atoms with van der Waals surface area (Å²) in [6.07, 6.45) is 0. The number of rotatable bonds is 7. The zero-order valence-corrected chi connectivity index (χ0v) is 29.7. The largest absolute Gasteiger partial charge is 0.311 e. The van der Waals surface area contributed by atoms with Crippen LogP contribution in [0.25, 0.3) is 71.6 Å². The Morgan fingerprint density at radius 2 is 0.722 bits per heavy atom. The highest BCUT2D eigenvalue weighted by molar-refractivity contribution is 6.19. The third kappa shape index (κ3) is 5.62. The first-order chi connectivity index (χ1) is 26.8. The van der Waals surface area contributed by atoms with Crippen LogP contribution in [0.2, 0.25) is 0 Å². The van der Waals surface area contributed by atoms with Gasteiger partial charge in [0, 0.05) is 38.9 Å². The Balaban J connectivity index is 1.04. The third-order valence-corrected chi connectivity index (χ3v) is 10.6. The molecule has 0 N–H and O–H groups in total. The second-order valence-corrected chi connectivity index (χ2v) is 13.8. The van der Waals surface area contributed by atoms with E-state index < -0.39 is 0 Å². The van der Waals surface area contributed by atoms with Crippen LogP contribution in [0.3, 0.4) is 0 Å². The second kappa shape index (κ2) is 13.4. The molecule has 9 aromatic carbocycles. The molecule has 1 aromatic heterocycles. The van der Waals surface area contributed by atoms with Gasteiger partial charge < -0.3 is 9.47 Å². The fourth-order valence-corrected chi connectivity index (χ4v) is 7.93. The van der Waals surface area contributed by atoms with Crippen LogP contribution in [-0.2, 0) is 0 Å². The first-order valence-electron chi connectivity index (χ1n) is 18.5. The van der Waals surface area contributed by atoms with Gasteiger partial charge in [0.15, 0.2) is 0 Å². The summed E-state index contributed by atoms with van der Waals surface area (Å²) in [6.45, 7) is 0. The molecule has 0 amide bonds. The summed E-state index contributed by atoms with van der Waals surface area (Å²) in [5.41, 5.74) is 14.2. The first-order valence-corrected chi connectivity index (χ1v) is 18.5. The Morgan fingerprint density at radius 3 is 1.28 bits per heavy atom. The van der Waals surface area contributed by atoms with Crippen LogP contribution in [0.1, 0.15) is 0 Å². The second-order valence-electron chi connectivity index (χ2n) is 13.8. The number of anilines is 3. The maximum atomic E-state index is 2.41. The van der Waals surface area contributed by atoms with E-state index >= 15 is 0 Å². The molecule has 0 bridgehead atoms. The summed E-state index contributed by atoms with van der Waals surface area (Å²) in [5, 5.41) is 5.01. The van der Waals surface area contributed by atoms with Crippen molar-refractivity contribution in [3.63, 3.8) is 0 Å². The highest BCUT2D eigenvalue weighted by atomic mass is 15.1. The van der Waals surface area contributed by atoms with Crippen molar-refractivity contribution in [3.8, 4) is 39.1 Å². The van der Waals surface area contributed by atoms with Gasteiger partial charge in [-0.1, -0.05) is 158 Å². The van der Waals surface area contributed by atoms with E-state index in [4.69, 9.17) is 0 Å². The fourth-order valence-electron chi connectivity index (χ4n) is 7.93. The molecule has 2 heteroatoms. The minimum atomic E-state index is 1.11. The average molecular weight is 689 g/mol. The van der Waals surface area contributed by atoms with Gasteiger partial charge in [-0.05, 0) is 99.4 Å². The molecule has 54 heavy (non-hydrogen) atoms. The molecule has 0 saturated heterocycles. The van der Waals surface area contributed by atoms with Crippen molar-refractivity contribution < 1.29 is 0 Å². The van der Waals surface area contributed by atoms with Gasteiger partial charge in [-0.2, -0.15) is 0 Å². The number of hydrogen-bond acceptors (Lipinski definition) is 1. The lowest BCUT2D eigenvalue weighted by Gasteiger charge is -2.26. The average Bonchev–Trinajstić information content (AvgIpc) is 3.60. The summed E-state index contributed by atoms with van der Waals surface area (Å²) < 4.78 is 2.41. The molecular weight excluding hydrogens is 653 g/mol. The van der Waals surface area contributed by atoms with Crippen LogP contribution in [-0.4, -0.2) is 4.57 Å². The van der Waals surface area contributed by atoms with Gasteiger partial charge in [0.05, 0.1) is 11.0 Å². The Hall–Kier alpha value is -7.16. The third-order valence-electron chi connectivity index (χ3n) is 10.6. The van der Waals surface area contributed by atoms with Crippen LogP contribution < -0.4 is 4.90 Å². The lowest BCUT2D eigenvalue weighted by molar-refractivity contribution is 1.19. The van der Waals surface area contributed by atoms with Gasteiger partial charge >= 0.3 is 0 Å². The zero-order chi connectivity index (χ0) is 35.8. The number of fused-ring (bicyclic) bond motifs is 5. The Labute approximate surface area is 315 Å². The van der Waals surface area contributed by atoms with E-state index in [9.17, 15) is 0 Å². The van der Waals surface area contributed by atoms with Crippen LogP contribution in [0.15, 0.2) is 218 Å². The van der Waals surface area contributed by atoms with E-state index in [-0.39, 0.29) is 0 Å². The molecule has 254 valence electrons. The van der Waals surface area contributed by atoms with Gasteiger partial charge in [0.2, 0.25) is 0 Å². The topological polar surface area (TPSA) is 8.17 Å². The van der Waals surface area contributed by atoms with Crippen molar-refractivity contribution in [2.45, 2.75) is 0 Å². The monoisotopic (exact) mass is 688 g/mol. The van der Waals surface area contributed by atoms with Gasteiger partial charge in [-0.25, -0.2) is 0 Å². The molecule has 0 aliphatic carbocycles. The lowest BCUT2D eigenvalue weighted by Crippen LogP contribution is -2.09. The molecule has 10 aromatic rings. The predicted octanol–water partition coefficient (Wildman–Crippen LogP) is 14.4. The molecular formula is C52H36N2. The summed E-state index contributed by atoms with van der Waals surface area (Å²) in [6, 6.07) is 78.7. The van der Waals surface area contributed by atoms with E-state index in [2.05, 4.69) is 228 Å². The molecule has 0 spiro atoms. The molecule has 0 aliphatic rings. The van der Waals surface area contributed by atoms with E-state index in [0.717, 1.165) is 17.1 Å². The highest BCUT2D eigenvalue weighted by Gasteiger charge is 2.17. The van der Waals surface area contributed by atoms with Crippen LogP contribution >= 0.6 is 0 Å². The minimum absolute atomic E-state index is 1.11. The summed E-state index contributed by atoms with van der Waals surface area (Å²) in [5.74, 6) is 0. The van der Waals surface area contributed by atoms with Crippen molar-refractivity contribution in [2.24, 2.45) is 0 Å². The Kier molecular flexibility index (Phi) is 7.85. The van der Waals surface area contributed by atoms with Crippen molar-refractivity contribution in [3.05, 3.63) is 218 Å². The maximum Gasteiger partial charge on any atom is 0.0619 e. The van der Waals surface area contributed by atoms with Crippen molar-refractivity contribution >= 4 is 49.6 Å². The fraction of sp³-hybridized carbons (Fsp3) is 0. The number of benzene rings is 9. The standard InChI is InChI=1S/C52H36N2/c1-4-12-37(13-5-1)39-20-28-45(29-21-39)53(46-30-22-40(23-31-46)38-14-6-2-7-15-38)47-32-24-41(25-33-47)42-26-34-48-43(36-42)27-35-50-49-18-10-11-19-51(49)54(52(48)50)44-16-8-3-9-17-44/h1-36H. The quantitative estimate of drug-likeness (QED) is 0.162. The molecule has 0 unspecified atom stereocenters. The van der Waals surface area contributed by atoms with E-state index in [1.165, 1.54) is 71.6 Å². The molecule has 2 nitrogen and oxygen atoms in total. The number of nitrogens with zero attached hydrogens (tertiary/aromatic N) is 2. The van der Waals surface area contributed by atoms with Crippen LogP contribution in [0.4, 0.5) is 17.1 Å². The van der Waals surface area contributed by atoms with Crippen LogP contribution in [0, 0.1) is 0 Å². The van der Waals surface area contributed by atoms with E-state index in [1.54, 1.807) is 0 Å². The van der Waals surface area contributed by atoms with Gasteiger partial charge in [-0.3, -0.25) is 0 Å². The molecule has 0 fully saturated rings. The Morgan fingerprint density at radius 1 is 0.296 bits per heavy atom. The summed E-state index contributed by atoms with van der Waals surface area (Å²) >= 11 is 0. The van der Waals surface area contributed by atoms with Crippen molar-refractivity contribution in [1.82, 2.24) is 4.57 Å². The lowest BCUT2D eigenvalue weighted by atomic mass is 9.99. The molecule has 0 radical (unpaired) electrons. The zero-order valence-electron chi connectivity index (χ0n) is 29.7. The van der Waals surface area contributed by atoms with Gasteiger partial charge in [-0.15, -0.1) is 0 Å². The number of aromatic nitrogens is 1. The van der Waals surface area contributed by atoms with Gasteiger partial charge in [0.1, 0.15) is 0 Å². The van der Waals surface area contributed by atoms with Gasteiger partial charge in [0.25, 0.3) is 0 Å². The van der Waals surface area contributed by atoms with E-state index in [1.807, 2.05) is 0 Å². The number of para-hydroxylation sites is 2. The normalized spacial score (nSPS) is 11.3. The molecule has 0 atom stereocenters. The highest BCUT2D eigenvalue weighted by Crippen LogP contribution is 2.40. The minimum Gasteiger partial charge on any atom is -0.311 e. The first kappa shape index (κ1) is 31.6. The van der Waals surface area contributed by atoms with Crippen molar-refractivity contribution in [1.29, 1.82) is 0 Å². The molecule has 0 aliphatic heterocycles.